The Morgan fingerprint density at radius 3 is 2.89 bits per heavy atom. The lowest BCUT2D eigenvalue weighted by atomic mass is 10.1. The Balaban J connectivity index is 1.53. The normalized spacial score (nSPS) is 22.1. The van der Waals surface area contributed by atoms with Gasteiger partial charge in [0.05, 0.1) is 32.8 Å². The number of hydrogen-bond acceptors (Lipinski definition) is 7. The summed E-state index contributed by atoms with van der Waals surface area (Å²) in [5.74, 6) is -0.671. The van der Waals surface area contributed by atoms with Crippen LogP contribution in [0, 0.1) is 6.92 Å². The molecule has 0 saturated carbocycles. The highest BCUT2D eigenvalue weighted by atomic mass is 32.2. The number of hydrazone groups is 1. The second kappa shape index (κ2) is 6.68. The molecule has 2 aromatic rings. The number of nitrogens with zero attached hydrogens (tertiary/aromatic N) is 3. The van der Waals surface area contributed by atoms with Crippen LogP contribution in [0.1, 0.15) is 24.3 Å². The first-order valence-corrected chi connectivity index (χ1v) is 11.2. The Bertz CT molecular complexity index is 1070. The van der Waals surface area contributed by atoms with E-state index in [-0.39, 0.29) is 41.9 Å². The molecule has 0 spiro atoms. The molecule has 1 aromatic carbocycles. The second-order valence-corrected chi connectivity index (χ2v) is 10.2. The van der Waals surface area contributed by atoms with Crippen LogP contribution in [0.2, 0.25) is 0 Å². The molecular formula is C17H18N4O4S2. The molecule has 0 unspecified atom stereocenters. The number of aryl methyl sites for hydroxylation is 1. The van der Waals surface area contributed by atoms with Gasteiger partial charge in [-0.25, -0.2) is 18.4 Å². The Morgan fingerprint density at radius 1 is 1.33 bits per heavy atom. The maximum absolute atomic E-state index is 12.6. The molecule has 1 atom stereocenters. The van der Waals surface area contributed by atoms with Gasteiger partial charge in [-0.05, 0) is 31.5 Å². The predicted octanol–water partition coefficient (Wildman–Crippen LogP) is 1.71. The van der Waals surface area contributed by atoms with Crippen LogP contribution in [-0.2, 0) is 19.4 Å². The van der Waals surface area contributed by atoms with Crippen LogP contribution >= 0.6 is 11.3 Å². The van der Waals surface area contributed by atoms with E-state index in [1.807, 2.05) is 19.1 Å². The first-order valence-electron chi connectivity index (χ1n) is 8.59. The zero-order valence-electron chi connectivity index (χ0n) is 14.6. The summed E-state index contributed by atoms with van der Waals surface area (Å²) in [5, 5.41) is 9.14. The lowest BCUT2D eigenvalue weighted by molar-refractivity contribution is -0.133. The molecule has 1 aromatic heterocycles. The van der Waals surface area contributed by atoms with Crippen LogP contribution in [0.15, 0.2) is 23.3 Å². The average Bonchev–Trinajstić information content (AvgIpc) is 3.15. The first-order chi connectivity index (χ1) is 12.8. The topological polar surface area (TPSA) is 109 Å². The van der Waals surface area contributed by atoms with Crippen molar-refractivity contribution in [3.8, 4) is 0 Å². The van der Waals surface area contributed by atoms with Crippen LogP contribution < -0.4 is 5.32 Å². The Morgan fingerprint density at radius 2 is 2.15 bits per heavy atom. The smallest absolute Gasteiger partial charge is 0.271 e. The molecule has 1 saturated heterocycles. The van der Waals surface area contributed by atoms with Gasteiger partial charge in [-0.1, -0.05) is 0 Å². The Labute approximate surface area is 160 Å². The molecular weight excluding hydrogens is 388 g/mol. The quantitative estimate of drug-likeness (QED) is 0.835. The SMILES string of the molecule is Cc1nc2ccc(NC(=O)C3=NN([C@H]4CCS(=O)(=O)C4)C(=O)CC3)cc2s1. The number of thiazole rings is 1. The van der Waals surface area contributed by atoms with Crippen molar-refractivity contribution in [1.29, 1.82) is 0 Å². The maximum atomic E-state index is 12.6. The third kappa shape index (κ3) is 3.72. The summed E-state index contributed by atoms with van der Waals surface area (Å²) < 4.78 is 24.3. The number of aromatic nitrogens is 1. The molecule has 0 aliphatic carbocycles. The van der Waals surface area contributed by atoms with Gasteiger partial charge in [0.2, 0.25) is 5.91 Å². The molecule has 2 aliphatic rings. The molecule has 2 amide bonds. The van der Waals surface area contributed by atoms with Crippen LogP contribution in [0.25, 0.3) is 10.2 Å². The first kappa shape index (κ1) is 18.1. The number of benzene rings is 1. The van der Waals surface area contributed by atoms with Gasteiger partial charge < -0.3 is 5.32 Å². The summed E-state index contributed by atoms with van der Waals surface area (Å²) in [6, 6.07) is 4.99. The minimum Gasteiger partial charge on any atom is -0.321 e. The van der Waals surface area contributed by atoms with E-state index >= 15 is 0 Å². The lowest BCUT2D eigenvalue weighted by Crippen LogP contribution is -2.42. The van der Waals surface area contributed by atoms with Crippen LogP contribution in [0.3, 0.4) is 0 Å². The molecule has 3 heterocycles. The van der Waals surface area contributed by atoms with Crippen molar-refractivity contribution in [2.24, 2.45) is 5.10 Å². The summed E-state index contributed by atoms with van der Waals surface area (Å²) in [6.45, 7) is 1.93. The van der Waals surface area contributed by atoms with E-state index in [1.165, 1.54) is 5.01 Å². The van der Waals surface area contributed by atoms with Crippen LogP contribution in [-0.4, -0.2) is 53.5 Å². The monoisotopic (exact) mass is 406 g/mol. The fourth-order valence-corrected chi connectivity index (χ4v) is 5.87. The zero-order chi connectivity index (χ0) is 19.2. The van der Waals surface area contributed by atoms with Gasteiger partial charge in [-0.2, -0.15) is 5.10 Å². The Kier molecular flexibility index (Phi) is 4.47. The number of nitrogens with one attached hydrogen (secondary N) is 1. The van der Waals surface area contributed by atoms with E-state index in [9.17, 15) is 18.0 Å². The zero-order valence-corrected chi connectivity index (χ0v) is 16.3. The van der Waals surface area contributed by atoms with Gasteiger partial charge in [-0.15, -0.1) is 11.3 Å². The van der Waals surface area contributed by atoms with Crippen molar-refractivity contribution >= 4 is 54.6 Å². The Hall–Kier alpha value is -2.33. The number of rotatable bonds is 3. The predicted molar refractivity (Wildman–Crippen MR) is 104 cm³/mol. The number of carbonyl (C=O) groups excluding carboxylic acids is 2. The van der Waals surface area contributed by atoms with Crippen molar-refractivity contribution < 1.29 is 18.0 Å². The molecule has 0 bridgehead atoms. The van der Waals surface area contributed by atoms with E-state index < -0.39 is 15.9 Å². The molecule has 27 heavy (non-hydrogen) atoms. The summed E-state index contributed by atoms with van der Waals surface area (Å²) in [4.78, 5) is 29.1. The van der Waals surface area contributed by atoms with Crippen LogP contribution in [0.4, 0.5) is 5.69 Å². The standard InChI is InChI=1S/C17H18N4O4S2/c1-10-18-13-3-2-11(8-15(13)26-10)19-17(23)14-4-5-16(22)21(20-14)12-6-7-27(24,25)9-12/h2-3,8,12H,4-7,9H2,1H3,(H,19,23)/t12-/m0/s1. The minimum atomic E-state index is -3.14. The molecule has 1 N–H and O–H groups in total. The van der Waals surface area contributed by atoms with E-state index in [1.54, 1.807) is 17.4 Å². The highest BCUT2D eigenvalue weighted by Crippen LogP contribution is 2.26. The lowest BCUT2D eigenvalue weighted by Gasteiger charge is -2.27. The summed E-state index contributed by atoms with van der Waals surface area (Å²) in [5.41, 5.74) is 1.75. The van der Waals surface area contributed by atoms with Crippen molar-refractivity contribution in [3.63, 3.8) is 0 Å². The second-order valence-electron chi connectivity index (χ2n) is 6.71. The van der Waals surface area contributed by atoms with Gasteiger partial charge >= 0.3 is 0 Å². The van der Waals surface area contributed by atoms with Crippen LogP contribution in [0.5, 0.6) is 0 Å². The molecule has 2 aliphatic heterocycles. The molecule has 8 nitrogen and oxygen atoms in total. The third-order valence-electron chi connectivity index (χ3n) is 4.63. The number of sulfone groups is 1. The third-order valence-corrected chi connectivity index (χ3v) is 7.31. The molecule has 10 heteroatoms. The maximum Gasteiger partial charge on any atom is 0.271 e. The van der Waals surface area contributed by atoms with E-state index in [4.69, 9.17) is 0 Å². The van der Waals surface area contributed by atoms with E-state index in [2.05, 4.69) is 15.4 Å². The molecule has 4 rings (SSSR count). The van der Waals surface area contributed by atoms with Crippen molar-refractivity contribution in [1.82, 2.24) is 9.99 Å². The molecule has 0 radical (unpaired) electrons. The fraction of sp³-hybridized carbons (Fsp3) is 0.412. The van der Waals surface area contributed by atoms with Crippen molar-refractivity contribution in [2.75, 3.05) is 16.8 Å². The van der Waals surface area contributed by atoms with Crippen molar-refractivity contribution in [3.05, 3.63) is 23.2 Å². The molecule has 1 fully saturated rings. The summed E-state index contributed by atoms with van der Waals surface area (Å²) >= 11 is 1.54. The van der Waals surface area contributed by atoms with Gasteiger partial charge in [0, 0.05) is 18.5 Å². The average molecular weight is 406 g/mol. The van der Waals surface area contributed by atoms with Gasteiger partial charge in [0.25, 0.3) is 5.91 Å². The number of hydrogen-bond donors (Lipinski definition) is 1. The highest BCUT2D eigenvalue weighted by molar-refractivity contribution is 7.91. The van der Waals surface area contributed by atoms with Gasteiger partial charge in [-0.3, -0.25) is 9.59 Å². The number of carbonyl (C=O) groups is 2. The van der Waals surface area contributed by atoms with Gasteiger partial charge in [0.1, 0.15) is 5.71 Å². The molecule has 142 valence electrons. The number of amides is 2. The summed E-state index contributed by atoms with van der Waals surface area (Å²) in [7, 11) is -3.14. The number of fused-ring (bicyclic) bond motifs is 1. The minimum absolute atomic E-state index is 0.0484. The van der Waals surface area contributed by atoms with E-state index in [0.717, 1.165) is 15.2 Å². The number of anilines is 1. The van der Waals surface area contributed by atoms with Crippen molar-refractivity contribution in [2.45, 2.75) is 32.2 Å². The summed E-state index contributed by atoms with van der Waals surface area (Å²) in [6.07, 6.45) is 0.742. The largest absolute Gasteiger partial charge is 0.321 e. The van der Waals surface area contributed by atoms with Gasteiger partial charge in [0.15, 0.2) is 9.84 Å². The highest BCUT2D eigenvalue weighted by Gasteiger charge is 2.37. The fourth-order valence-electron chi connectivity index (χ4n) is 3.31. The van der Waals surface area contributed by atoms with E-state index in [0.29, 0.717) is 12.1 Å².